The molecule has 2 aliphatic heterocycles. The number of nitrogens with zero attached hydrogens (tertiary/aromatic N) is 5. The third-order valence-electron chi connectivity index (χ3n) is 6.44. The molecule has 5 rings (SSSR count). The molecule has 1 saturated heterocycles. The fraction of sp³-hybridized carbons (Fsp3) is 0.333. The van der Waals surface area contributed by atoms with E-state index in [1.807, 2.05) is 30.3 Å². The summed E-state index contributed by atoms with van der Waals surface area (Å²) in [5.74, 6) is 0.0298. The quantitative estimate of drug-likeness (QED) is 0.641. The maximum atomic E-state index is 12.8. The molecule has 2 aromatic heterocycles. The number of pyridine rings is 1. The van der Waals surface area contributed by atoms with Crippen molar-refractivity contribution in [3.05, 3.63) is 64.6 Å². The first-order valence-electron chi connectivity index (χ1n) is 11.1. The van der Waals surface area contributed by atoms with Crippen LogP contribution in [-0.4, -0.2) is 70.0 Å². The lowest BCUT2D eigenvalue weighted by atomic mass is 9.97. The summed E-state index contributed by atoms with van der Waals surface area (Å²) < 4.78 is 0. The van der Waals surface area contributed by atoms with E-state index >= 15 is 0 Å². The number of aromatic nitrogens is 3. The monoisotopic (exact) mass is 464 g/mol. The van der Waals surface area contributed by atoms with Gasteiger partial charge < -0.3 is 9.80 Å². The molecule has 0 saturated carbocycles. The average Bonchev–Trinajstić information content (AvgIpc) is 3.30. The topological polar surface area (TPSA) is 85.4 Å². The smallest absolute Gasteiger partial charge is 0.274 e. The summed E-state index contributed by atoms with van der Waals surface area (Å²) in [6, 6.07) is 9.62. The molecule has 0 spiro atoms. The van der Waals surface area contributed by atoms with Crippen molar-refractivity contribution in [1.29, 1.82) is 0 Å². The van der Waals surface area contributed by atoms with E-state index in [1.165, 1.54) is 5.56 Å². The zero-order chi connectivity index (χ0) is 22.9. The molecule has 1 aromatic carbocycles. The number of halogens is 1. The van der Waals surface area contributed by atoms with Crippen LogP contribution in [0.4, 0.5) is 5.69 Å². The van der Waals surface area contributed by atoms with Crippen molar-refractivity contribution in [2.24, 2.45) is 0 Å². The number of rotatable bonds is 4. The fourth-order valence-corrected chi connectivity index (χ4v) is 4.74. The number of carbonyl (C=O) groups excluding carboxylic acids is 2. The Labute approximate surface area is 197 Å². The third kappa shape index (κ3) is 4.24. The lowest BCUT2D eigenvalue weighted by molar-refractivity contribution is -0.118. The highest BCUT2D eigenvalue weighted by Gasteiger charge is 2.26. The summed E-state index contributed by atoms with van der Waals surface area (Å²) in [5.41, 5.74) is 5.64. The minimum Gasteiger partial charge on any atom is -0.335 e. The third-order valence-corrected chi connectivity index (χ3v) is 6.75. The number of hydrogen-bond donors (Lipinski definition) is 1. The molecular formula is C24H25ClN6O2. The molecule has 2 aliphatic rings. The number of fused-ring (bicyclic) bond motifs is 1. The van der Waals surface area contributed by atoms with Crippen LogP contribution in [0, 0.1) is 0 Å². The lowest BCUT2D eigenvalue weighted by Crippen LogP contribution is -2.48. The van der Waals surface area contributed by atoms with Gasteiger partial charge in [0.05, 0.1) is 16.9 Å². The maximum absolute atomic E-state index is 12.8. The molecule has 0 aliphatic carbocycles. The highest BCUT2D eigenvalue weighted by Crippen LogP contribution is 2.32. The molecule has 0 radical (unpaired) electrons. The first kappa shape index (κ1) is 21.6. The number of amides is 2. The predicted octanol–water partition coefficient (Wildman–Crippen LogP) is 2.99. The second-order valence-electron chi connectivity index (χ2n) is 8.47. The van der Waals surface area contributed by atoms with E-state index in [0.29, 0.717) is 30.2 Å². The highest BCUT2D eigenvalue weighted by atomic mass is 35.5. The van der Waals surface area contributed by atoms with E-state index in [1.54, 1.807) is 23.2 Å². The van der Waals surface area contributed by atoms with Gasteiger partial charge in [-0.3, -0.25) is 19.6 Å². The maximum Gasteiger partial charge on any atom is 0.274 e. The number of carbonyl (C=O) groups is 2. The van der Waals surface area contributed by atoms with Crippen LogP contribution < -0.4 is 4.90 Å². The Kier molecular flexibility index (Phi) is 5.86. The van der Waals surface area contributed by atoms with Gasteiger partial charge in [-0.25, -0.2) is 4.98 Å². The molecule has 0 bridgehead atoms. The summed E-state index contributed by atoms with van der Waals surface area (Å²) in [6.45, 7) is 3.51. The molecule has 1 N–H and O–H groups in total. The molecule has 4 heterocycles. The minimum absolute atomic E-state index is 0.123. The van der Waals surface area contributed by atoms with Gasteiger partial charge in [0.25, 0.3) is 5.91 Å². The first-order valence-corrected chi connectivity index (χ1v) is 11.4. The average molecular weight is 465 g/mol. The van der Waals surface area contributed by atoms with E-state index in [0.717, 1.165) is 48.6 Å². The van der Waals surface area contributed by atoms with Crippen LogP contribution in [0.25, 0.3) is 11.3 Å². The summed E-state index contributed by atoms with van der Waals surface area (Å²) in [6.07, 6.45) is 4.75. The van der Waals surface area contributed by atoms with Gasteiger partial charge in [-0.2, -0.15) is 5.10 Å². The van der Waals surface area contributed by atoms with Gasteiger partial charge in [-0.15, -0.1) is 0 Å². The normalized spacial score (nSPS) is 16.7. The van der Waals surface area contributed by atoms with Crippen LogP contribution in [0.3, 0.4) is 0 Å². The number of nitrogens with one attached hydrogen (secondary N) is 1. The fourth-order valence-electron chi connectivity index (χ4n) is 4.54. The number of aryl methyl sites for hydroxylation is 1. The van der Waals surface area contributed by atoms with Crippen LogP contribution >= 0.6 is 11.6 Å². The van der Waals surface area contributed by atoms with Crippen molar-refractivity contribution in [3.63, 3.8) is 0 Å². The minimum atomic E-state index is -0.123. The van der Waals surface area contributed by atoms with Crippen molar-refractivity contribution < 1.29 is 9.59 Å². The van der Waals surface area contributed by atoms with Crippen LogP contribution in [0.1, 0.15) is 28.0 Å². The number of benzene rings is 1. The summed E-state index contributed by atoms with van der Waals surface area (Å²) in [5, 5.41) is 7.82. The Morgan fingerprint density at radius 2 is 1.97 bits per heavy atom. The molecule has 33 heavy (non-hydrogen) atoms. The van der Waals surface area contributed by atoms with E-state index in [9.17, 15) is 9.59 Å². The molecular weight excluding hydrogens is 440 g/mol. The van der Waals surface area contributed by atoms with Gasteiger partial charge in [0.2, 0.25) is 5.91 Å². The van der Waals surface area contributed by atoms with Crippen LogP contribution in [0.15, 0.2) is 42.7 Å². The Hall–Kier alpha value is -3.23. The zero-order valence-corrected chi connectivity index (χ0v) is 19.2. The second-order valence-corrected chi connectivity index (χ2v) is 8.88. The van der Waals surface area contributed by atoms with E-state index < -0.39 is 0 Å². The molecule has 0 unspecified atom stereocenters. The van der Waals surface area contributed by atoms with E-state index in [2.05, 4.69) is 26.1 Å². The standard InChI is InChI=1S/C24H25ClN6O2/c1-29-20-6-4-17(13-16(20)5-7-21(29)32)22-18(14-27-28-22)15-30-9-11-31(12-10-30)24(33)23-19(25)3-2-8-26-23/h2-4,6,8,13-14H,5,7,9-12,15H2,1H3,(H,27,28). The number of hydrogen-bond acceptors (Lipinski definition) is 5. The largest absolute Gasteiger partial charge is 0.335 e. The predicted molar refractivity (Wildman–Crippen MR) is 126 cm³/mol. The van der Waals surface area contributed by atoms with Crippen molar-refractivity contribution in [1.82, 2.24) is 25.0 Å². The first-order chi connectivity index (χ1) is 16.0. The molecule has 8 nitrogen and oxygen atoms in total. The summed E-state index contributed by atoms with van der Waals surface area (Å²) in [7, 11) is 1.83. The van der Waals surface area contributed by atoms with Gasteiger partial charge in [-0.05, 0) is 36.2 Å². The molecule has 3 aromatic rings. The zero-order valence-electron chi connectivity index (χ0n) is 18.4. The number of piperazine rings is 1. The van der Waals surface area contributed by atoms with Gasteiger partial charge in [0.15, 0.2) is 0 Å². The van der Waals surface area contributed by atoms with Crippen LogP contribution in [0.5, 0.6) is 0 Å². The van der Waals surface area contributed by atoms with Crippen molar-refractivity contribution >= 4 is 29.1 Å². The molecule has 0 atom stereocenters. The van der Waals surface area contributed by atoms with Gasteiger partial charge in [-0.1, -0.05) is 17.7 Å². The highest BCUT2D eigenvalue weighted by molar-refractivity contribution is 6.33. The number of H-pyrrole nitrogens is 1. The molecule has 9 heteroatoms. The Balaban J connectivity index is 1.26. The van der Waals surface area contributed by atoms with Gasteiger partial charge in [0.1, 0.15) is 5.69 Å². The Morgan fingerprint density at radius 1 is 1.15 bits per heavy atom. The van der Waals surface area contributed by atoms with Gasteiger partial charge >= 0.3 is 0 Å². The van der Waals surface area contributed by atoms with Gasteiger partial charge in [0, 0.05) is 69.2 Å². The van der Waals surface area contributed by atoms with Crippen LogP contribution in [0.2, 0.25) is 5.02 Å². The Bertz CT molecular complexity index is 1200. The number of anilines is 1. The van der Waals surface area contributed by atoms with Crippen molar-refractivity contribution in [3.8, 4) is 11.3 Å². The van der Waals surface area contributed by atoms with Crippen molar-refractivity contribution in [2.75, 3.05) is 38.1 Å². The van der Waals surface area contributed by atoms with E-state index in [4.69, 9.17) is 11.6 Å². The molecule has 2 amide bonds. The second kappa shape index (κ2) is 8.96. The SMILES string of the molecule is CN1C(=O)CCc2cc(-c3[nH]ncc3CN3CCN(C(=O)c4ncccc4Cl)CC3)ccc21. The van der Waals surface area contributed by atoms with Crippen molar-refractivity contribution in [2.45, 2.75) is 19.4 Å². The van der Waals surface area contributed by atoms with E-state index in [-0.39, 0.29) is 11.8 Å². The summed E-state index contributed by atoms with van der Waals surface area (Å²) in [4.78, 5) is 34.8. The Morgan fingerprint density at radius 3 is 2.76 bits per heavy atom. The summed E-state index contributed by atoms with van der Waals surface area (Å²) >= 11 is 6.15. The molecule has 1 fully saturated rings. The molecule has 170 valence electrons. The van der Waals surface area contributed by atoms with Crippen LogP contribution in [-0.2, 0) is 17.8 Å². The number of aromatic amines is 1. The lowest BCUT2D eigenvalue weighted by Gasteiger charge is -2.34.